The first-order valence-electron chi connectivity index (χ1n) is 5.77. The average Bonchev–Trinajstić information content (AvgIpc) is 2.15. The quantitative estimate of drug-likeness (QED) is 0.731. The Balaban J connectivity index is 4.25. The second kappa shape index (κ2) is 5.49. The van der Waals surface area contributed by atoms with Gasteiger partial charge in [0.2, 0.25) is 11.8 Å². The van der Waals surface area contributed by atoms with Gasteiger partial charge in [0.1, 0.15) is 0 Å². The van der Waals surface area contributed by atoms with E-state index >= 15 is 0 Å². The zero-order chi connectivity index (χ0) is 13.9. The molecule has 0 radical (unpaired) electrons. The molecule has 3 N–H and O–H groups in total. The number of nitrogens with one attached hydrogen (secondary N) is 1. The van der Waals surface area contributed by atoms with Gasteiger partial charge in [-0.05, 0) is 27.7 Å². The summed E-state index contributed by atoms with van der Waals surface area (Å²) in [4.78, 5) is 24.8. The molecular formula is C12H25N3O2. The Morgan fingerprint density at radius 3 is 2.00 bits per heavy atom. The highest BCUT2D eigenvalue weighted by Crippen LogP contribution is 2.28. The largest absolute Gasteiger partial charge is 0.355 e. The zero-order valence-corrected chi connectivity index (χ0v) is 11.8. The van der Waals surface area contributed by atoms with Crippen LogP contribution in [0.15, 0.2) is 0 Å². The molecule has 0 bridgehead atoms. The average molecular weight is 243 g/mol. The normalized spacial score (nSPS) is 12.2. The van der Waals surface area contributed by atoms with Crippen molar-refractivity contribution in [1.82, 2.24) is 10.2 Å². The van der Waals surface area contributed by atoms with E-state index in [0.717, 1.165) is 0 Å². The number of hydrogen-bond acceptors (Lipinski definition) is 3. The van der Waals surface area contributed by atoms with Crippen LogP contribution in [0.2, 0.25) is 0 Å². The van der Waals surface area contributed by atoms with E-state index in [1.54, 1.807) is 27.9 Å². The van der Waals surface area contributed by atoms with Crippen LogP contribution in [0.4, 0.5) is 0 Å². The fourth-order valence-corrected chi connectivity index (χ4v) is 1.02. The fraction of sp³-hybridized carbons (Fsp3) is 0.833. The highest BCUT2D eigenvalue weighted by atomic mass is 16.2. The standard InChI is InChI=1S/C12H25N3O2/c1-11(2,12(3,4)13)10(17)14-8-7-9(16)15(5)6/h7-8,13H2,1-6H3,(H,14,17). The van der Waals surface area contributed by atoms with Gasteiger partial charge in [0.25, 0.3) is 0 Å². The Morgan fingerprint density at radius 2 is 1.65 bits per heavy atom. The maximum absolute atomic E-state index is 11.9. The van der Waals surface area contributed by atoms with Crippen LogP contribution in [-0.4, -0.2) is 42.9 Å². The molecular weight excluding hydrogens is 218 g/mol. The summed E-state index contributed by atoms with van der Waals surface area (Å²) in [6.07, 6.45) is 0.305. The Kier molecular flexibility index (Phi) is 5.13. The van der Waals surface area contributed by atoms with Crippen molar-refractivity contribution in [1.29, 1.82) is 0 Å². The molecule has 0 rings (SSSR count). The van der Waals surface area contributed by atoms with Crippen molar-refractivity contribution in [2.75, 3.05) is 20.6 Å². The summed E-state index contributed by atoms with van der Waals surface area (Å²) in [5.41, 5.74) is 4.68. The van der Waals surface area contributed by atoms with Crippen LogP contribution in [0, 0.1) is 5.41 Å². The summed E-state index contributed by atoms with van der Waals surface area (Å²) < 4.78 is 0. The van der Waals surface area contributed by atoms with Gasteiger partial charge in [-0.25, -0.2) is 0 Å². The minimum absolute atomic E-state index is 0.00452. The van der Waals surface area contributed by atoms with E-state index in [1.165, 1.54) is 4.90 Å². The molecule has 0 aliphatic rings. The van der Waals surface area contributed by atoms with Crippen molar-refractivity contribution in [3.05, 3.63) is 0 Å². The van der Waals surface area contributed by atoms with Crippen LogP contribution < -0.4 is 11.1 Å². The molecule has 0 aromatic heterocycles. The first-order valence-corrected chi connectivity index (χ1v) is 5.77. The molecule has 0 aliphatic heterocycles. The fourth-order valence-electron chi connectivity index (χ4n) is 1.02. The van der Waals surface area contributed by atoms with E-state index in [4.69, 9.17) is 5.73 Å². The number of amides is 2. The molecule has 0 fully saturated rings. The molecule has 0 heterocycles. The van der Waals surface area contributed by atoms with Crippen molar-refractivity contribution in [2.24, 2.45) is 11.1 Å². The van der Waals surface area contributed by atoms with Crippen LogP contribution >= 0.6 is 0 Å². The first kappa shape index (κ1) is 15.9. The molecule has 0 atom stereocenters. The second-order valence-corrected chi connectivity index (χ2v) is 5.64. The van der Waals surface area contributed by atoms with Gasteiger partial charge in [0.15, 0.2) is 0 Å². The summed E-state index contributed by atoms with van der Waals surface area (Å²) in [7, 11) is 3.38. The van der Waals surface area contributed by atoms with Crippen molar-refractivity contribution in [2.45, 2.75) is 39.7 Å². The Labute approximate surface area is 104 Å². The molecule has 0 saturated heterocycles. The molecule has 0 aliphatic carbocycles. The lowest BCUT2D eigenvalue weighted by Crippen LogP contribution is -2.55. The predicted octanol–water partition coefficient (Wildman–Crippen LogP) is 0.344. The van der Waals surface area contributed by atoms with Gasteiger partial charge in [0.05, 0.1) is 5.41 Å². The third-order valence-electron chi connectivity index (χ3n) is 3.30. The molecule has 0 saturated carbocycles. The van der Waals surface area contributed by atoms with E-state index in [-0.39, 0.29) is 11.8 Å². The van der Waals surface area contributed by atoms with Crippen molar-refractivity contribution < 1.29 is 9.59 Å². The molecule has 17 heavy (non-hydrogen) atoms. The lowest BCUT2D eigenvalue weighted by atomic mass is 9.74. The van der Waals surface area contributed by atoms with Crippen LogP contribution in [0.3, 0.4) is 0 Å². The molecule has 0 aromatic carbocycles. The summed E-state index contributed by atoms with van der Waals surface area (Å²) in [5.74, 6) is -0.133. The van der Waals surface area contributed by atoms with Crippen molar-refractivity contribution in [3.63, 3.8) is 0 Å². The number of nitrogens with zero attached hydrogens (tertiary/aromatic N) is 1. The molecule has 2 amide bonds. The third kappa shape index (κ3) is 4.34. The van der Waals surface area contributed by atoms with E-state index in [2.05, 4.69) is 5.32 Å². The Morgan fingerprint density at radius 1 is 1.18 bits per heavy atom. The van der Waals surface area contributed by atoms with E-state index in [9.17, 15) is 9.59 Å². The molecule has 0 spiro atoms. The maximum Gasteiger partial charge on any atom is 0.227 e. The minimum Gasteiger partial charge on any atom is -0.355 e. The Bertz CT molecular complexity index is 291. The number of hydrogen-bond donors (Lipinski definition) is 2. The van der Waals surface area contributed by atoms with E-state index in [0.29, 0.717) is 13.0 Å². The number of rotatable bonds is 5. The van der Waals surface area contributed by atoms with Gasteiger partial charge in [0, 0.05) is 32.6 Å². The molecule has 5 heteroatoms. The molecule has 100 valence electrons. The SMILES string of the molecule is CN(C)C(=O)CCNC(=O)C(C)(C)C(C)(C)N. The summed E-state index contributed by atoms with van der Waals surface area (Å²) in [5, 5.41) is 2.75. The van der Waals surface area contributed by atoms with Gasteiger partial charge in [-0.15, -0.1) is 0 Å². The van der Waals surface area contributed by atoms with Crippen LogP contribution in [0.25, 0.3) is 0 Å². The highest BCUT2D eigenvalue weighted by molar-refractivity contribution is 5.84. The van der Waals surface area contributed by atoms with Crippen LogP contribution in [-0.2, 0) is 9.59 Å². The first-order chi connectivity index (χ1) is 7.50. The van der Waals surface area contributed by atoms with E-state index in [1.807, 2.05) is 13.8 Å². The third-order valence-corrected chi connectivity index (χ3v) is 3.30. The van der Waals surface area contributed by atoms with Crippen molar-refractivity contribution >= 4 is 11.8 Å². The maximum atomic E-state index is 11.9. The summed E-state index contributed by atoms with van der Waals surface area (Å²) >= 11 is 0. The van der Waals surface area contributed by atoms with Gasteiger partial charge in [-0.3, -0.25) is 9.59 Å². The summed E-state index contributed by atoms with van der Waals surface area (Å²) in [6, 6.07) is 0. The molecule has 0 unspecified atom stereocenters. The zero-order valence-electron chi connectivity index (χ0n) is 11.8. The minimum atomic E-state index is -0.672. The molecule has 0 aromatic rings. The smallest absolute Gasteiger partial charge is 0.227 e. The number of nitrogens with two attached hydrogens (primary N) is 1. The number of carbonyl (C=O) groups excluding carboxylic acids is 2. The monoisotopic (exact) mass is 243 g/mol. The lowest BCUT2D eigenvalue weighted by molar-refractivity contribution is -0.132. The van der Waals surface area contributed by atoms with Gasteiger partial charge < -0.3 is 16.0 Å². The number of carbonyl (C=O) groups is 2. The highest BCUT2D eigenvalue weighted by Gasteiger charge is 2.40. The van der Waals surface area contributed by atoms with Crippen molar-refractivity contribution in [3.8, 4) is 0 Å². The molecule has 5 nitrogen and oxygen atoms in total. The topological polar surface area (TPSA) is 75.4 Å². The summed E-state index contributed by atoms with van der Waals surface area (Å²) in [6.45, 7) is 7.58. The van der Waals surface area contributed by atoms with Crippen LogP contribution in [0.5, 0.6) is 0 Å². The van der Waals surface area contributed by atoms with Gasteiger partial charge >= 0.3 is 0 Å². The van der Waals surface area contributed by atoms with Gasteiger partial charge in [-0.1, -0.05) is 0 Å². The Hall–Kier alpha value is -1.10. The predicted molar refractivity (Wildman–Crippen MR) is 68.4 cm³/mol. The van der Waals surface area contributed by atoms with Gasteiger partial charge in [-0.2, -0.15) is 0 Å². The van der Waals surface area contributed by atoms with E-state index < -0.39 is 11.0 Å². The lowest BCUT2D eigenvalue weighted by Gasteiger charge is -2.36. The second-order valence-electron chi connectivity index (χ2n) is 5.64. The van der Waals surface area contributed by atoms with Crippen LogP contribution in [0.1, 0.15) is 34.1 Å².